The second-order valence-electron chi connectivity index (χ2n) is 12.5. The number of urea groups is 1. The Bertz CT molecular complexity index is 740. The van der Waals surface area contributed by atoms with Crippen molar-refractivity contribution in [1.82, 2.24) is 15.5 Å². The van der Waals surface area contributed by atoms with Crippen LogP contribution in [0.3, 0.4) is 0 Å². The summed E-state index contributed by atoms with van der Waals surface area (Å²) < 4.78 is 0. The van der Waals surface area contributed by atoms with Gasteiger partial charge in [0.1, 0.15) is 12.1 Å². The summed E-state index contributed by atoms with van der Waals surface area (Å²) in [5.41, 5.74) is -0.582. The van der Waals surface area contributed by atoms with E-state index in [-0.39, 0.29) is 29.2 Å². The number of nitrogens with one attached hydrogen (secondary N) is 2. The van der Waals surface area contributed by atoms with E-state index in [1.165, 1.54) is 38.5 Å². The van der Waals surface area contributed by atoms with Crippen molar-refractivity contribution in [2.45, 2.75) is 84.1 Å². The van der Waals surface area contributed by atoms with E-state index in [1.807, 2.05) is 0 Å². The zero-order valence-electron chi connectivity index (χ0n) is 18.8. The number of imide groups is 1. The second kappa shape index (κ2) is 6.70. The van der Waals surface area contributed by atoms with E-state index in [2.05, 4.69) is 31.4 Å². The first-order valence-corrected chi connectivity index (χ1v) is 12.0. The fraction of sp³-hybridized carbons (Fsp3) is 0.875. The summed E-state index contributed by atoms with van der Waals surface area (Å²) >= 11 is 0. The van der Waals surface area contributed by atoms with Gasteiger partial charge in [0.05, 0.1) is 0 Å². The molecule has 6 aliphatic rings. The molecule has 0 aromatic heterocycles. The van der Waals surface area contributed by atoms with Gasteiger partial charge in [-0.1, -0.05) is 20.8 Å². The third-order valence-corrected chi connectivity index (χ3v) is 8.75. The summed E-state index contributed by atoms with van der Waals surface area (Å²) in [6.45, 7) is 7.00. The molecule has 6 fully saturated rings. The monoisotopic (exact) mass is 415 g/mol. The fourth-order valence-corrected chi connectivity index (χ4v) is 8.64. The van der Waals surface area contributed by atoms with Gasteiger partial charge in [0.25, 0.3) is 5.91 Å². The van der Waals surface area contributed by atoms with Crippen LogP contribution in [0.1, 0.15) is 78.6 Å². The maximum absolute atomic E-state index is 13.3. The molecule has 30 heavy (non-hydrogen) atoms. The molecule has 4 amide bonds. The summed E-state index contributed by atoms with van der Waals surface area (Å²) in [6, 6.07) is -0.408. The van der Waals surface area contributed by atoms with Gasteiger partial charge in [0.2, 0.25) is 5.91 Å². The highest BCUT2D eigenvalue weighted by Crippen LogP contribution is 2.59. The minimum atomic E-state index is -0.835. The zero-order valence-corrected chi connectivity index (χ0v) is 18.8. The molecular formula is C24H37N3O3. The van der Waals surface area contributed by atoms with E-state index in [1.54, 1.807) is 0 Å². The highest BCUT2D eigenvalue weighted by atomic mass is 16.2. The highest BCUT2D eigenvalue weighted by Gasteiger charge is 2.56. The van der Waals surface area contributed by atoms with E-state index in [4.69, 9.17) is 0 Å². The summed E-state index contributed by atoms with van der Waals surface area (Å²) in [4.78, 5) is 39.8. The molecule has 0 radical (unpaired) electrons. The van der Waals surface area contributed by atoms with Crippen LogP contribution in [0.5, 0.6) is 0 Å². The molecule has 2 unspecified atom stereocenters. The van der Waals surface area contributed by atoms with E-state index in [0.29, 0.717) is 25.3 Å². The molecule has 0 aromatic carbocycles. The van der Waals surface area contributed by atoms with Crippen LogP contribution >= 0.6 is 0 Å². The second-order valence-corrected chi connectivity index (χ2v) is 12.5. The quantitative estimate of drug-likeness (QED) is 0.690. The van der Waals surface area contributed by atoms with Crippen LogP contribution in [0, 0.1) is 34.5 Å². The zero-order chi connectivity index (χ0) is 21.3. The van der Waals surface area contributed by atoms with Crippen molar-refractivity contribution in [2.75, 3.05) is 13.1 Å². The normalized spacial score (nSPS) is 43.9. The van der Waals surface area contributed by atoms with Crippen LogP contribution in [-0.4, -0.2) is 41.4 Å². The lowest BCUT2D eigenvalue weighted by molar-refractivity contribution is -0.138. The van der Waals surface area contributed by atoms with E-state index in [9.17, 15) is 14.4 Å². The molecule has 2 N–H and O–H groups in total. The predicted molar refractivity (Wildman–Crippen MR) is 113 cm³/mol. The Labute approximate surface area is 179 Å². The van der Waals surface area contributed by atoms with Gasteiger partial charge in [-0.05, 0) is 92.3 Å². The van der Waals surface area contributed by atoms with Gasteiger partial charge in [0, 0.05) is 6.54 Å². The molecule has 2 atom stereocenters. The average molecular weight is 416 g/mol. The number of nitrogens with zero attached hydrogens (tertiary/aromatic N) is 1. The van der Waals surface area contributed by atoms with Crippen molar-refractivity contribution in [2.24, 2.45) is 34.5 Å². The smallest absolute Gasteiger partial charge is 0.325 e. The Morgan fingerprint density at radius 2 is 1.63 bits per heavy atom. The third kappa shape index (κ3) is 3.44. The first-order chi connectivity index (χ1) is 14.1. The van der Waals surface area contributed by atoms with Gasteiger partial charge < -0.3 is 10.6 Å². The lowest BCUT2D eigenvalue weighted by atomic mass is 9.49. The Hall–Kier alpha value is -1.59. The van der Waals surface area contributed by atoms with Crippen molar-refractivity contribution in [3.8, 4) is 0 Å². The first kappa shape index (κ1) is 20.3. The van der Waals surface area contributed by atoms with Crippen LogP contribution in [0.2, 0.25) is 0 Å². The lowest BCUT2D eigenvalue weighted by Crippen LogP contribution is -2.54. The maximum Gasteiger partial charge on any atom is 0.325 e. The Kier molecular flexibility index (Phi) is 4.54. The number of amides is 4. The third-order valence-electron chi connectivity index (χ3n) is 8.75. The molecule has 6 rings (SSSR count). The maximum atomic E-state index is 13.3. The van der Waals surface area contributed by atoms with Gasteiger partial charge in [0.15, 0.2) is 0 Å². The van der Waals surface area contributed by atoms with Crippen molar-refractivity contribution in [3.63, 3.8) is 0 Å². The van der Waals surface area contributed by atoms with Crippen molar-refractivity contribution in [1.29, 1.82) is 0 Å². The standard InChI is InChI=1S/C24H37N3O3/c1-15-7-22(2,3)13-24(8-15)20(29)27(21(30)26-24)12-19(28)25-14-23-9-16-4-17(10-23)6-18(5-16)11-23/h15-18H,4-14H2,1-3H3,(H,25,28)(H,26,30). The van der Waals surface area contributed by atoms with Gasteiger partial charge in [-0.25, -0.2) is 4.79 Å². The Morgan fingerprint density at radius 3 is 2.20 bits per heavy atom. The molecule has 1 aliphatic heterocycles. The van der Waals surface area contributed by atoms with Crippen molar-refractivity contribution >= 4 is 17.8 Å². The lowest BCUT2D eigenvalue weighted by Gasteiger charge is -2.56. The SMILES string of the molecule is CC1CC(C)(C)CC2(C1)NC(=O)N(CC(=O)NCC13CC4CC(CC(C4)C1)C3)C2=O. The van der Waals surface area contributed by atoms with Gasteiger partial charge >= 0.3 is 6.03 Å². The number of rotatable bonds is 4. The molecule has 5 saturated carbocycles. The Morgan fingerprint density at radius 1 is 1.03 bits per heavy atom. The molecule has 166 valence electrons. The first-order valence-electron chi connectivity index (χ1n) is 12.0. The Balaban J connectivity index is 1.21. The van der Waals surface area contributed by atoms with Crippen molar-refractivity contribution in [3.05, 3.63) is 0 Å². The number of carbonyl (C=O) groups is 3. The average Bonchev–Trinajstić information content (AvgIpc) is 2.80. The van der Waals surface area contributed by atoms with Crippen LogP contribution in [-0.2, 0) is 9.59 Å². The summed E-state index contributed by atoms with van der Waals surface area (Å²) in [6.07, 6.45) is 10.2. The summed E-state index contributed by atoms with van der Waals surface area (Å²) in [5, 5.41) is 6.08. The fourth-order valence-electron chi connectivity index (χ4n) is 8.64. The van der Waals surface area contributed by atoms with E-state index >= 15 is 0 Å². The van der Waals surface area contributed by atoms with Crippen molar-refractivity contribution < 1.29 is 14.4 Å². The van der Waals surface area contributed by atoms with Crippen LogP contribution in [0.15, 0.2) is 0 Å². The summed E-state index contributed by atoms with van der Waals surface area (Å²) in [5.74, 6) is 2.48. The molecule has 1 saturated heterocycles. The molecule has 6 heteroatoms. The molecule has 1 heterocycles. The number of hydrogen-bond acceptors (Lipinski definition) is 3. The molecule has 6 nitrogen and oxygen atoms in total. The molecular weight excluding hydrogens is 378 g/mol. The molecule has 1 spiro atoms. The summed E-state index contributed by atoms with van der Waals surface area (Å²) in [7, 11) is 0. The topological polar surface area (TPSA) is 78.5 Å². The minimum Gasteiger partial charge on any atom is -0.354 e. The van der Waals surface area contributed by atoms with E-state index in [0.717, 1.165) is 29.1 Å². The number of hydrogen-bond donors (Lipinski definition) is 2. The van der Waals surface area contributed by atoms with Crippen LogP contribution < -0.4 is 10.6 Å². The highest BCUT2D eigenvalue weighted by molar-refractivity contribution is 6.09. The van der Waals surface area contributed by atoms with Gasteiger partial charge in [-0.2, -0.15) is 0 Å². The van der Waals surface area contributed by atoms with Gasteiger partial charge in [-0.3, -0.25) is 14.5 Å². The molecule has 5 aliphatic carbocycles. The van der Waals surface area contributed by atoms with Gasteiger partial charge in [-0.15, -0.1) is 0 Å². The largest absolute Gasteiger partial charge is 0.354 e. The van der Waals surface area contributed by atoms with Crippen LogP contribution in [0.25, 0.3) is 0 Å². The molecule has 4 bridgehead atoms. The number of carbonyl (C=O) groups excluding carboxylic acids is 3. The molecule has 0 aromatic rings. The van der Waals surface area contributed by atoms with Crippen LogP contribution in [0.4, 0.5) is 4.79 Å². The van der Waals surface area contributed by atoms with E-state index < -0.39 is 11.6 Å². The predicted octanol–water partition coefficient (Wildman–Crippen LogP) is 3.46. The minimum absolute atomic E-state index is 0.00260.